The van der Waals surface area contributed by atoms with Crippen LogP contribution in [0.5, 0.6) is 5.75 Å². The molecule has 0 radical (unpaired) electrons. The summed E-state index contributed by atoms with van der Waals surface area (Å²) < 4.78 is 5.63. The topological polar surface area (TPSA) is 81.2 Å². The summed E-state index contributed by atoms with van der Waals surface area (Å²) in [6, 6.07) is 6.93. The monoisotopic (exact) mass is 331 g/mol. The first kappa shape index (κ1) is 15.6. The molecule has 1 aromatic heterocycles. The average molecular weight is 331 g/mol. The molecule has 1 unspecified atom stereocenters. The van der Waals surface area contributed by atoms with Crippen LogP contribution < -0.4 is 10.1 Å². The quantitative estimate of drug-likeness (QED) is 0.915. The number of nitrogens with zero attached hydrogens (tertiary/aromatic N) is 2. The van der Waals surface area contributed by atoms with Gasteiger partial charge in [0.15, 0.2) is 11.9 Å². The number of rotatable bonds is 2. The summed E-state index contributed by atoms with van der Waals surface area (Å²) in [6.07, 6.45) is -0.826. The van der Waals surface area contributed by atoms with Gasteiger partial charge in [-0.1, -0.05) is 44.2 Å². The second kappa shape index (κ2) is 5.73. The highest BCUT2D eigenvalue weighted by Crippen LogP contribution is 2.30. The van der Waals surface area contributed by atoms with Crippen molar-refractivity contribution in [3.63, 3.8) is 0 Å². The second-order valence-corrected chi connectivity index (χ2v) is 7.36. The molecular formula is C16H17N3O3S. The minimum atomic E-state index is -0.848. The van der Waals surface area contributed by atoms with Gasteiger partial charge in [0.1, 0.15) is 10.8 Å². The van der Waals surface area contributed by atoms with Gasteiger partial charge in [0.2, 0.25) is 5.13 Å². The Morgan fingerprint density at radius 1 is 1.30 bits per heavy atom. The predicted molar refractivity (Wildman–Crippen MR) is 87.0 cm³/mol. The number of ether oxygens (including phenoxy) is 1. The van der Waals surface area contributed by atoms with E-state index in [1.807, 2.05) is 20.8 Å². The first-order chi connectivity index (χ1) is 10.8. The number of carbonyl (C=O) groups is 2. The number of hydrogen-bond acceptors (Lipinski definition) is 6. The summed E-state index contributed by atoms with van der Waals surface area (Å²) in [4.78, 5) is 24.4. The van der Waals surface area contributed by atoms with Crippen LogP contribution in [0.1, 0.15) is 42.6 Å². The number of benzene rings is 1. The molecule has 1 atom stereocenters. The summed E-state index contributed by atoms with van der Waals surface area (Å²) >= 11 is 1.32. The number of ketones is 1. The first-order valence-corrected chi connectivity index (χ1v) is 8.10. The minimum Gasteiger partial charge on any atom is -0.479 e. The van der Waals surface area contributed by atoms with Crippen LogP contribution in [0.25, 0.3) is 0 Å². The molecule has 2 aromatic rings. The number of para-hydroxylation sites is 1. The van der Waals surface area contributed by atoms with Crippen molar-refractivity contribution < 1.29 is 14.3 Å². The molecule has 7 heteroatoms. The van der Waals surface area contributed by atoms with E-state index in [-0.39, 0.29) is 23.5 Å². The van der Waals surface area contributed by atoms with E-state index in [4.69, 9.17) is 4.74 Å². The highest BCUT2D eigenvalue weighted by atomic mass is 32.1. The molecule has 1 aliphatic rings. The highest BCUT2D eigenvalue weighted by Gasteiger charge is 2.32. The standard InChI is InChI=1S/C16H17N3O3S/c1-16(2,3)14-18-19-15(23-14)17-13(21)12-8-10(20)9-6-4-5-7-11(9)22-12/h4-7,12H,8H2,1-3H3,(H,17,19,21). The number of amides is 1. The zero-order chi connectivity index (χ0) is 16.6. The average Bonchev–Trinajstić information content (AvgIpc) is 2.96. The Hall–Kier alpha value is -2.28. The van der Waals surface area contributed by atoms with Crippen LogP contribution in [0.4, 0.5) is 5.13 Å². The molecule has 1 amide bonds. The van der Waals surface area contributed by atoms with Crippen LogP contribution in [-0.4, -0.2) is 28.0 Å². The van der Waals surface area contributed by atoms with Gasteiger partial charge in [-0.05, 0) is 12.1 Å². The number of nitrogens with one attached hydrogen (secondary N) is 1. The maximum Gasteiger partial charge on any atom is 0.267 e. The molecule has 0 bridgehead atoms. The van der Waals surface area contributed by atoms with Crippen LogP contribution in [0.15, 0.2) is 24.3 Å². The fourth-order valence-corrected chi connectivity index (χ4v) is 2.99. The number of hydrogen-bond donors (Lipinski definition) is 1. The molecule has 2 heterocycles. The molecule has 1 N–H and O–H groups in total. The molecule has 1 aromatic carbocycles. The zero-order valence-corrected chi connectivity index (χ0v) is 13.9. The van der Waals surface area contributed by atoms with Crippen molar-refractivity contribution in [2.45, 2.75) is 38.7 Å². The van der Waals surface area contributed by atoms with E-state index < -0.39 is 6.10 Å². The van der Waals surface area contributed by atoms with E-state index in [0.717, 1.165) is 5.01 Å². The van der Waals surface area contributed by atoms with Crippen LogP contribution in [0.3, 0.4) is 0 Å². The van der Waals surface area contributed by atoms with Gasteiger partial charge in [-0.15, -0.1) is 10.2 Å². The highest BCUT2D eigenvalue weighted by molar-refractivity contribution is 7.15. The third-order valence-electron chi connectivity index (χ3n) is 3.42. The molecular weight excluding hydrogens is 314 g/mol. The number of anilines is 1. The van der Waals surface area contributed by atoms with Gasteiger partial charge in [-0.2, -0.15) is 0 Å². The van der Waals surface area contributed by atoms with Crippen molar-refractivity contribution in [1.29, 1.82) is 0 Å². The molecule has 0 fully saturated rings. The molecule has 3 rings (SSSR count). The van der Waals surface area contributed by atoms with E-state index in [2.05, 4.69) is 15.5 Å². The summed E-state index contributed by atoms with van der Waals surface area (Å²) in [6.45, 7) is 6.08. The van der Waals surface area contributed by atoms with E-state index >= 15 is 0 Å². The van der Waals surface area contributed by atoms with Crippen molar-refractivity contribution >= 4 is 28.2 Å². The minimum absolute atomic E-state index is 0.0216. The fraction of sp³-hybridized carbons (Fsp3) is 0.375. The lowest BCUT2D eigenvalue weighted by Gasteiger charge is -2.23. The molecule has 0 spiro atoms. The molecule has 0 aliphatic carbocycles. The number of fused-ring (bicyclic) bond motifs is 1. The van der Waals surface area contributed by atoms with E-state index in [0.29, 0.717) is 16.4 Å². The lowest BCUT2D eigenvalue weighted by Crippen LogP contribution is -2.38. The van der Waals surface area contributed by atoms with Gasteiger partial charge < -0.3 is 4.74 Å². The van der Waals surface area contributed by atoms with Crippen molar-refractivity contribution in [3.8, 4) is 5.75 Å². The van der Waals surface area contributed by atoms with E-state index in [9.17, 15) is 9.59 Å². The Labute approximate surface area is 137 Å². The third kappa shape index (κ3) is 3.24. The van der Waals surface area contributed by atoms with Crippen LogP contribution in [-0.2, 0) is 10.2 Å². The molecule has 1 aliphatic heterocycles. The van der Waals surface area contributed by atoms with Crippen LogP contribution in [0.2, 0.25) is 0 Å². The summed E-state index contributed by atoms with van der Waals surface area (Å²) in [5.41, 5.74) is 0.388. The number of aromatic nitrogens is 2. The van der Waals surface area contributed by atoms with Crippen molar-refractivity contribution in [3.05, 3.63) is 34.8 Å². The summed E-state index contributed by atoms with van der Waals surface area (Å²) in [5.74, 6) is -0.0411. The Balaban J connectivity index is 1.72. The van der Waals surface area contributed by atoms with Crippen molar-refractivity contribution in [2.75, 3.05) is 5.32 Å². The predicted octanol–water partition coefficient (Wildman–Crippen LogP) is 2.81. The Bertz CT molecular complexity index is 764. The largest absolute Gasteiger partial charge is 0.479 e. The zero-order valence-electron chi connectivity index (χ0n) is 13.1. The SMILES string of the molecule is CC(C)(C)c1nnc(NC(=O)C2CC(=O)c3ccccc3O2)s1. The van der Waals surface area contributed by atoms with Crippen LogP contribution in [0, 0.1) is 0 Å². The Kier molecular flexibility index (Phi) is 3.89. The van der Waals surface area contributed by atoms with E-state index in [1.165, 1.54) is 11.3 Å². The number of Topliss-reactive ketones (excluding diaryl/α,β-unsaturated/α-hetero) is 1. The van der Waals surface area contributed by atoms with Gasteiger partial charge in [0.05, 0.1) is 12.0 Å². The van der Waals surface area contributed by atoms with Gasteiger partial charge in [-0.3, -0.25) is 14.9 Å². The maximum atomic E-state index is 12.3. The van der Waals surface area contributed by atoms with Crippen molar-refractivity contribution in [2.24, 2.45) is 0 Å². The molecule has 120 valence electrons. The van der Waals surface area contributed by atoms with Gasteiger partial charge in [0.25, 0.3) is 5.91 Å². The second-order valence-electron chi connectivity index (χ2n) is 6.38. The fourth-order valence-electron chi connectivity index (χ4n) is 2.18. The molecule has 0 saturated carbocycles. The summed E-state index contributed by atoms with van der Waals surface area (Å²) in [5, 5.41) is 12.0. The smallest absolute Gasteiger partial charge is 0.267 e. The maximum absolute atomic E-state index is 12.3. The van der Waals surface area contributed by atoms with Crippen LogP contribution >= 0.6 is 11.3 Å². The third-order valence-corrected chi connectivity index (χ3v) is 4.68. The summed E-state index contributed by atoms with van der Waals surface area (Å²) in [7, 11) is 0. The Morgan fingerprint density at radius 3 is 2.74 bits per heavy atom. The normalized spacial score (nSPS) is 17.3. The van der Waals surface area contributed by atoms with E-state index in [1.54, 1.807) is 24.3 Å². The van der Waals surface area contributed by atoms with Crippen molar-refractivity contribution in [1.82, 2.24) is 10.2 Å². The lowest BCUT2D eigenvalue weighted by molar-refractivity contribution is -0.122. The Morgan fingerprint density at radius 2 is 2.04 bits per heavy atom. The first-order valence-electron chi connectivity index (χ1n) is 7.28. The molecule has 23 heavy (non-hydrogen) atoms. The number of carbonyl (C=O) groups excluding carboxylic acids is 2. The van der Waals surface area contributed by atoms with Gasteiger partial charge in [0, 0.05) is 5.41 Å². The van der Waals surface area contributed by atoms with Gasteiger partial charge in [-0.25, -0.2) is 0 Å². The molecule has 6 nitrogen and oxygen atoms in total. The lowest BCUT2D eigenvalue weighted by atomic mass is 9.98. The molecule has 0 saturated heterocycles. The van der Waals surface area contributed by atoms with Gasteiger partial charge >= 0.3 is 0 Å².